The molecule has 0 saturated carbocycles. The molecule has 1 aliphatic heterocycles. The van der Waals surface area contributed by atoms with E-state index in [0.717, 1.165) is 11.1 Å². The molecule has 1 heterocycles. The Bertz CT molecular complexity index is 1020. The van der Waals surface area contributed by atoms with Crippen LogP contribution < -0.4 is 0 Å². The van der Waals surface area contributed by atoms with Crippen LogP contribution in [0.5, 0.6) is 0 Å². The third-order valence-corrected chi connectivity index (χ3v) is 4.23. The number of carbonyl (C=O) groups is 3. The smallest absolute Gasteiger partial charge is 0.325 e. The minimum atomic E-state index is -0.738. The van der Waals surface area contributed by atoms with Crippen molar-refractivity contribution >= 4 is 29.9 Å². The number of hydrogen-bond donors (Lipinski definition) is 0. The van der Waals surface area contributed by atoms with Crippen LogP contribution in [0.4, 0.5) is 0 Å². The topological polar surface area (TPSA) is 63.7 Å². The molecule has 2 amide bonds. The molecule has 0 radical (unpaired) electrons. The zero-order valence-electron chi connectivity index (χ0n) is 16.3. The van der Waals surface area contributed by atoms with Crippen molar-refractivity contribution in [3.05, 3.63) is 108 Å². The number of rotatable bonds is 7. The number of hydroxylamine groups is 2. The second-order valence-electron chi connectivity index (χ2n) is 6.48. The highest BCUT2D eigenvalue weighted by molar-refractivity contribution is 6.02. The first-order chi connectivity index (χ1) is 14.6. The summed E-state index contributed by atoms with van der Waals surface area (Å²) in [4.78, 5) is 40.2. The van der Waals surface area contributed by atoms with Crippen molar-refractivity contribution in [2.24, 2.45) is 0 Å². The van der Waals surface area contributed by atoms with Crippen LogP contribution in [0.1, 0.15) is 34.3 Å². The van der Waals surface area contributed by atoms with Gasteiger partial charge in [-0.1, -0.05) is 91.1 Å². The summed E-state index contributed by atoms with van der Waals surface area (Å²) in [6, 6.07) is 16.8. The fourth-order valence-corrected chi connectivity index (χ4v) is 2.72. The zero-order valence-corrected chi connectivity index (χ0v) is 16.3. The largest absolute Gasteiger partial charge is 0.363 e. The van der Waals surface area contributed by atoms with Crippen molar-refractivity contribution in [1.82, 2.24) is 5.06 Å². The number of hydrogen-bond acceptors (Lipinski definition) is 4. The van der Waals surface area contributed by atoms with E-state index in [2.05, 4.69) is 0 Å². The Hall–Kier alpha value is -3.99. The molecule has 5 nitrogen and oxygen atoms in total. The van der Waals surface area contributed by atoms with Gasteiger partial charge < -0.3 is 4.84 Å². The molecule has 2 aromatic carbocycles. The van der Waals surface area contributed by atoms with Gasteiger partial charge in [0, 0.05) is 12.8 Å². The standard InChI is InChI=1S/C25H21NO4/c27-23-17-18-24(28)26(23)30-25(29)22-16-10-15-21(19-22)14-7-4-2-1-3-6-11-20-12-8-5-9-13-20/h1-16,19H,17-18H2/b3-1+,4-2+,11-6+,14-7+. The van der Waals surface area contributed by atoms with E-state index < -0.39 is 17.8 Å². The average molecular weight is 399 g/mol. The van der Waals surface area contributed by atoms with Crippen molar-refractivity contribution in [1.29, 1.82) is 0 Å². The molecule has 0 atom stereocenters. The van der Waals surface area contributed by atoms with Gasteiger partial charge >= 0.3 is 5.97 Å². The first-order valence-corrected chi connectivity index (χ1v) is 9.55. The van der Waals surface area contributed by atoms with Gasteiger partial charge in [0.1, 0.15) is 0 Å². The summed E-state index contributed by atoms with van der Waals surface area (Å²) in [5.41, 5.74) is 2.20. The van der Waals surface area contributed by atoms with Gasteiger partial charge in [0.2, 0.25) is 0 Å². The summed E-state index contributed by atoms with van der Waals surface area (Å²) in [5, 5.41) is 0.548. The Morgan fingerprint density at radius 2 is 1.30 bits per heavy atom. The number of amides is 2. The van der Waals surface area contributed by atoms with Crippen molar-refractivity contribution in [2.75, 3.05) is 0 Å². The van der Waals surface area contributed by atoms with Gasteiger partial charge in [-0.3, -0.25) is 9.59 Å². The summed E-state index contributed by atoms with van der Waals surface area (Å²) >= 11 is 0. The van der Waals surface area contributed by atoms with Crippen molar-refractivity contribution in [3.8, 4) is 0 Å². The summed E-state index contributed by atoms with van der Waals surface area (Å²) in [6.07, 6.45) is 15.4. The van der Waals surface area contributed by atoms with Gasteiger partial charge in [0.25, 0.3) is 11.8 Å². The molecular formula is C25H21NO4. The van der Waals surface area contributed by atoms with Gasteiger partial charge in [0.05, 0.1) is 5.56 Å². The van der Waals surface area contributed by atoms with E-state index >= 15 is 0 Å². The van der Waals surface area contributed by atoms with Crippen molar-refractivity contribution < 1.29 is 19.2 Å². The molecule has 150 valence electrons. The van der Waals surface area contributed by atoms with E-state index in [1.165, 1.54) is 0 Å². The fraction of sp³-hybridized carbons (Fsp3) is 0.0800. The Morgan fingerprint density at radius 1 is 0.733 bits per heavy atom. The molecule has 0 aliphatic carbocycles. The number of nitrogens with zero attached hydrogens (tertiary/aromatic N) is 1. The normalized spacial score (nSPS) is 14.7. The Morgan fingerprint density at radius 3 is 1.97 bits per heavy atom. The quantitative estimate of drug-likeness (QED) is 0.498. The van der Waals surface area contributed by atoms with Crippen LogP contribution in [-0.2, 0) is 14.4 Å². The molecule has 1 aliphatic rings. The van der Waals surface area contributed by atoms with Crippen LogP contribution in [0.15, 0.2) is 91.1 Å². The molecule has 5 heteroatoms. The van der Waals surface area contributed by atoms with Gasteiger partial charge in [-0.15, -0.1) is 5.06 Å². The predicted octanol–water partition coefficient (Wildman–Crippen LogP) is 4.75. The van der Waals surface area contributed by atoms with Gasteiger partial charge in [-0.25, -0.2) is 4.79 Å². The van der Waals surface area contributed by atoms with Gasteiger partial charge in [0.15, 0.2) is 0 Å². The van der Waals surface area contributed by atoms with Crippen molar-refractivity contribution in [2.45, 2.75) is 12.8 Å². The van der Waals surface area contributed by atoms with Crippen LogP contribution in [0, 0.1) is 0 Å². The van der Waals surface area contributed by atoms with E-state index in [-0.39, 0.29) is 18.4 Å². The Balaban J connectivity index is 1.52. The van der Waals surface area contributed by atoms with Crippen LogP contribution in [-0.4, -0.2) is 22.8 Å². The molecule has 0 aromatic heterocycles. The lowest BCUT2D eigenvalue weighted by atomic mass is 10.1. The summed E-state index contributed by atoms with van der Waals surface area (Å²) in [5.74, 6) is -1.74. The maximum absolute atomic E-state index is 12.2. The highest BCUT2D eigenvalue weighted by Gasteiger charge is 2.33. The predicted molar refractivity (Wildman–Crippen MR) is 116 cm³/mol. The molecule has 3 rings (SSSR count). The maximum atomic E-state index is 12.2. The van der Waals surface area contributed by atoms with E-state index in [1.807, 2.05) is 85.0 Å². The van der Waals surface area contributed by atoms with Crippen LogP contribution in [0.2, 0.25) is 0 Å². The first kappa shape index (κ1) is 20.7. The monoisotopic (exact) mass is 399 g/mol. The fourth-order valence-electron chi connectivity index (χ4n) is 2.72. The summed E-state index contributed by atoms with van der Waals surface area (Å²) in [7, 11) is 0. The Kier molecular flexibility index (Phi) is 7.28. The summed E-state index contributed by atoms with van der Waals surface area (Å²) < 4.78 is 0. The molecule has 0 N–H and O–H groups in total. The molecule has 0 bridgehead atoms. The third kappa shape index (κ3) is 6.01. The lowest BCUT2D eigenvalue weighted by molar-refractivity contribution is -0.172. The lowest BCUT2D eigenvalue weighted by Crippen LogP contribution is -2.32. The number of carbonyl (C=O) groups excluding carboxylic acids is 3. The van der Waals surface area contributed by atoms with E-state index in [9.17, 15) is 14.4 Å². The van der Waals surface area contributed by atoms with Gasteiger partial charge in [-0.05, 0) is 23.3 Å². The Labute approximate surface area is 175 Å². The molecule has 1 saturated heterocycles. The average Bonchev–Trinajstić information content (AvgIpc) is 3.08. The first-order valence-electron chi connectivity index (χ1n) is 9.55. The number of benzene rings is 2. The molecule has 2 aromatic rings. The van der Waals surface area contributed by atoms with E-state index in [1.54, 1.807) is 18.2 Å². The highest BCUT2D eigenvalue weighted by Crippen LogP contribution is 2.15. The van der Waals surface area contributed by atoms with E-state index in [4.69, 9.17) is 4.84 Å². The minimum absolute atomic E-state index is 0.0672. The van der Waals surface area contributed by atoms with Crippen LogP contribution in [0.25, 0.3) is 12.2 Å². The molecule has 1 fully saturated rings. The lowest BCUT2D eigenvalue weighted by Gasteiger charge is -2.12. The zero-order chi connectivity index (χ0) is 21.2. The molecule has 30 heavy (non-hydrogen) atoms. The highest BCUT2D eigenvalue weighted by atomic mass is 16.7. The minimum Gasteiger partial charge on any atom is -0.325 e. The molecule has 0 spiro atoms. The van der Waals surface area contributed by atoms with E-state index in [0.29, 0.717) is 5.06 Å². The SMILES string of the molecule is O=C(ON1C(=O)CCC1=O)c1cccc(/C=C/C=C/C=C/C=C/c2ccccc2)c1. The molecular weight excluding hydrogens is 378 g/mol. The number of allylic oxidation sites excluding steroid dienone is 6. The third-order valence-electron chi connectivity index (χ3n) is 4.23. The van der Waals surface area contributed by atoms with Crippen molar-refractivity contribution in [3.63, 3.8) is 0 Å². The molecule has 0 unspecified atom stereocenters. The second-order valence-corrected chi connectivity index (χ2v) is 6.48. The van der Waals surface area contributed by atoms with Crippen LogP contribution in [0.3, 0.4) is 0 Å². The number of imide groups is 1. The van der Waals surface area contributed by atoms with Gasteiger partial charge in [-0.2, -0.15) is 0 Å². The van der Waals surface area contributed by atoms with Crippen LogP contribution >= 0.6 is 0 Å². The maximum Gasteiger partial charge on any atom is 0.363 e. The summed E-state index contributed by atoms with van der Waals surface area (Å²) in [6.45, 7) is 0. The second kappa shape index (κ2) is 10.5.